The molecule has 3 aliphatic rings. The smallest absolute Gasteiger partial charge is 0.270 e. The van der Waals surface area contributed by atoms with Gasteiger partial charge in [-0.2, -0.15) is 5.10 Å². The maximum absolute atomic E-state index is 16.4. The average molecular weight is 584 g/mol. The van der Waals surface area contributed by atoms with E-state index in [2.05, 4.69) is 44.6 Å². The third kappa shape index (κ3) is 5.51. The van der Waals surface area contributed by atoms with Crippen LogP contribution in [0.3, 0.4) is 0 Å². The fraction of sp³-hybridized carbons (Fsp3) is 0.424. The molecule has 5 heterocycles. The van der Waals surface area contributed by atoms with Gasteiger partial charge in [0.15, 0.2) is 5.82 Å². The molecule has 2 aromatic carbocycles. The minimum Gasteiger partial charge on any atom is -0.369 e. The molecule has 3 saturated heterocycles. The number of carbonyl (C=O) groups is 2. The van der Waals surface area contributed by atoms with Gasteiger partial charge in [-0.15, -0.1) is 0 Å². The number of benzene rings is 2. The highest BCUT2D eigenvalue weighted by Crippen LogP contribution is 2.39. The molecular formula is C33H38FN7O2. The summed E-state index contributed by atoms with van der Waals surface area (Å²) in [4.78, 5) is 35.5. The lowest BCUT2D eigenvalue weighted by Gasteiger charge is -2.33. The monoisotopic (exact) mass is 583 g/mol. The van der Waals surface area contributed by atoms with Crippen LogP contribution in [0.15, 0.2) is 54.9 Å². The van der Waals surface area contributed by atoms with E-state index in [1.165, 1.54) is 5.69 Å². The maximum atomic E-state index is 16.4. The van der Waals surface area contributed by atoms with Crippen LogP contribution < -0.4 is 10.2 Å². The maximum Gasteiger partial charge on any atom is 0.270 e. The van der Waals surface area contributed by atoms with Gasteiger partial charge in [-0.25, -0.2) is 4.39 Å². The molecule has 43 heavy (non-hydrogen) atoms. The Hall–Kier alpha value is -4.18. The number of piperazine rings is 1. The lowest BCUT2D eigenvalue weighted by Crippen LogP contribution is -2.43. The number of carbonyl (C=O) groups excluding carboxylic acids is 2. The first-order chi connectivity index (χ1) is 21.0. The van der Waals surface area contributed by atoms with Crippen LogP contribution in [0.5, 0.6) is 0 Å². The Labute approximate surface area is 250 Å². The summed E-state index contributed by atoms with van der Waals surface area (Å²) in [6, 6.07) is 14.1. The second-order valence-corrected chi connectivity index (χ2v) is 11.9. The molecule has 0 aliphatic carbocycles. The molecule has 3 fully saturated rings. The van der Waals surface area contributed by atoms with Crippen molar-refractivity contribution in [2.24, 2.45) is 0 Å². The number of rotatable bonds is 7. The highest BCUT2D eigenvalue weighted by Gasteiger charge is 2.30. The van der Waals surface area contributed by atoms with Crippen molar-refractivity contribution in [2.45, 2.75) is 38.1 Å². The second kappa shape index (κ2) is 11.8. The zero-order chi connectivity index (χ0) is 29.3. The van der Waals surface area contributed by atoms with Crippen LogP contribution >= 0.6 is 0 Å². The number of hydrogen-bond acceptors (Lipinski definition) is 5. The van der Waals surface area contributed by atoms with Crippen LogP contribution in [-0.2, 0) is 11.3 Å². The van der Waals surface area contributed by atoms with Gasteiger partial charge in [0.1, 0.15) is 5.69 Å². The van der Waals surface area contributed by atoms with Crippen molar-refractivity contribution in [1.29, 1.82) is 0 Å². The number of likely N-dealkylation sites (tertiary alicyclic amines) is 2. The second-order valence-electron chi connectivity index (χ2n) is 11.9. The minimum absolute atomic E-state index is 0.0627. The van der Waals surface area contributed by atoms with E-state index in [1.807, 2.05) is 29.3 Å². The van der Waals surface area contributed by atoms with Gasteiger partial charge in [-0.05, 0) is 66.3 Å². The Kier molecular flexibility index (Phi) is 7.61. The third-order valence-electron chi connectivity index (χ3n) is 9.24. The lowest BCUT2D eigenvalue weighted by atomic mass is 9.87. The lowest BCUT2D eigenvalue weighted by molar-refractivity contribution is -0.132. The number of halogens is 1. The summed E-state index contributed by atoms with van der Waals surface area (Å²) in [6.45, 7) is 6.99. The number of H-pyrrole nitrogens is 1. The largest absolute Gasteiger partial charge is 0.369 e. The molecule has 0 bridgehead atoms. The molecule has 0 unspecified atom stereocenters. The van der Waals surface area contributed by atoms with Crippen molar-refractivity contribution in [3.05, 3.63) is 71.9 Å². The number of aromatic amines is 1. The Bertz CT molecular complexity index is 1600. The molecule has 7 rings (SSSR count). The SMILES string of the molecule is O=C(CCn1cccn1)N1CCC[C@@H](c2cc(-c3ccc(N4CCNCC4)cc3)c3cc(C(=O)N4CCC4)[nH]c3c2F)C1. The van der Waals surface area contributed by atoms with Crippen molar-refractivity contribution < 1.29 is 14.0 Å². The fourth-order valence-electron chi connectivity index (χ4n) is 6.66. The van der Waals surface area contributed by atoms with E-state index in [4.69, 9.17) is 0 Å². The topological polar surface area (TPSA) is 89.5 Å². The highest BCUT2D eigenvalue weighted by molar-refractivity contribution is 6.03. The number of piperidine rings is 1. The summed E-state index contributed by atoms with van der Waals surface area (Å²) in [5.41, 5.74) is 4.44. The summed E-state index contributed by atoms with van der Waals surface area (Å²) < 4.78 is 18.2. The summed E-state index contributed by atoms with van der Waals surface area (Å²) in [7, 11) is 0. The van der Waals surface area contributed by atoms with Crippen molar-refractivity contribution in [3.63, 3.8) is 0 Å². The van der Waals surface area contributed by atoms with Gasteiger partial charge in [0, 0.05) is 94.7 Å². The molecule has 0 spiro atoms. The number of aryl methyl sites for hydroxylation is 1. The van der Waals surface area contributed by atoms with Crippen LogP contribution in [0.2, 0.25) is 0 Å². The summed E-state index contributed by atoms with van der Waals surface area (Å²) in [5.74, 6) is -0.485. The van der Waals surface area contributed by atoms with Crippen molar-refractivity contribution >= 4 is 28.4 Å². The number of nitrogens with zero attached hydrogens (tertiary/aromatic N) is 5. The Balaban J connectivity index is 1.22. The van der Waals surface area contributed by atoms with Gasteiger partial charge < -0.3 is 25.0 Å². The van der Waals surface area contributed by atoms with Crippen LogP contribution in [0, 0.1) is 5.82 Å². The molecule has 1 atom stereocenters. The Morgan fingerprint density at radius 3 is 2.49 bits per heavy atom. The van der Waals surface area contributed by atoms with Gasteiger partial charge in [-0.3, -0.25) is 14.3 Å². The fourth-order valence-corrected chi connectivity index (χ4v) is 6.66. The summed E-state index contributed by atoms with van der Waals surface area (Å²) in [6.07, 6.45) is 6.53. The van der Waals surface area contributed by atoms with Crippen LogP contribution in [0.1, 0.15) is 47.7 Å². The van der Waals surface area contributed by atoms with Crippen LogP contribution in [0.25, 0.3) is 22.0 Å². The Morgan fingerprint density at radius 1 is 0.977 bits per heavy atom. The third-order valence-corrected chi connectivity index (χ3v) is 9.24. The van der Waals surface area contributed by atoms with E-state index >= 15 is 4.39 Å². The average Bonchev–Trinajstić information content (AvgIpc) is 3.71. The van der Waals surface area contributed by atoms with Crippen LogP contribution in [0.4, 0.5) is 10.1 Å². The van der Waals surface area contributed by atoms with E-state index in [0.717, 1.165) is 69.7 Å². The van der Waals surface area contributed by atoms with Crippen LogP contribution in [-0.4, -0.2) is 88.7 Å². The number of aromatic nitrogens is 3. The molecule has 10 heteroatoms. The molecule has 2 amide bonds. The molecule has 4 aromatic rings. The molecular weight excluding hydrogens is 545 g/mol. The van der Waals surface area contributed by atoms with Crippen molar-refractivity contribution in [1.82, 2.24) is 29.9 Å². The number of fused-ring (bicyclic) bond motifs is 1. The quantitative estimate of drug-likeness (QED) is 0.340. The Morgan fingerprint density at radius 2 is 1.77 bits per heavy atom. The zero-order valence-electron chi connectivity index (χ0n) is 24.4. The van der Waals surface area contributed by atoms with Crippen molar-refractivity contribution in [3.8, 4) is 11.1 Å². The molecule has 224 valence electrons. The first-order valence-electron chi connectivity index (χ1n) is 15.5. The molecule has 9 nitrogen and oxygen atoms in total. The summed E-state index contributed by atoms with van der Waals surface area (Å²) in [5, 5.41) is 8.31. The van der Waals surface area contributed by atoms with E-state index in [9.17, 15) is 9.59 Å². The number of anilines is 1. The van der Waals surface area contributed by atoms with Gasteiger partial charge in [0.2, 0.25) is 5.91 Å². The first kappa shape index (κ1) is 27.6. The van der Waals surface area contributed by atoms with Gasteiger partial charge in [-0.1, -0.05) is 12.1 Å². The predicted octanol–water partition coefficient (Wildman–Crippen LogP) is 4.22. The number of hydrogen-bond donors (Lipinski definition) is 2. The van der Waals surface area contributed by atoms with Gasteiger partial charge in [0.05, 0.1) is 5.52 Å². The zero-order valence-corrected chi connectivity index (χ0v) is 24.4. The highest BCUT2D eigenvalue weighted by atomic mass is 19.1. The molecule has 0 saturated carbocycles. The molecule has 2 aromatic heterocycles. The molecule has 0 radical (unpaired) electrons. The molecule has 2 N–H and O–H groups in total. The molecule has 3 aliphatic heterocycles. The van der Waals surface area contributed by atoms with E-state index in [0.29, 0.717) is 48.2 Å². The standard InChI is InChI=1S/C33H38FN7O2/c34-31-27(24-4-1-13-40(22-24)30(42)9-17-41-16-2-10-36-41)20-26(23-5-7-25(8-6-23)38-18-11-35-12-19-38)28-21-29(37-32(28)31)33(43)39-14-3-15-39/h2,5-8,10,16,20-21,24,35,37H,1,3-4,9,11-15,17-19,22H2/t24-/m1/s1. The van der Waals surface area contributed by atoms with E-state index in [1.54, 1.807) is 15.8 Å². The van der Waals surface area contributed by atoms with Gasteiger partial charge in [0.25, 0.3) is 5.91 Å². The predicted molar refractivity (Wildman–Crippen MR) is 165 cm³/mol. The first-order valence-corrected chi connectivity index (χ1v) is 15.5. The normalized spacial score (nSPS) is 19.1. The number of nitrogens with one attached hydrogen (secondary N) is 2. The minimum atomic E-state index is -0.324. The number of amides is 2. The van der Waals surface area contributed by atoms with E-state index in [-0.39, 0.29) is 23.5 Å². The van der Waals surface area contributed by atoms with E-state index < -0.39 is 0 Å². The summed E-state index contributed by atoms with van der Waals surface area (Å²) >= 11 is 0. The van der Waals surface area contributed by atoms with Gasteiger partial charge >= 0.3 is 0 Å². The van der Waals surface area contributed by atoms with Crippen molar-refractivity contribution in [2.75, 3.05) is 57.3 Å².